The summed E-state index contributed by atoms with van der Waals surface area (Å²) >= 11 is 0. The molecule has 0 unspecified atom stereocenters. The number of unbranched alkanes of at least 4 members (excludes halogenated alkanes) is 1. The largest absolute Gasteiger partial charge is 0.483 e. The number of rotatable bonds is 10. The molecule has 0 saturated carbocycles. The third kappa shape index (κ3) is 6.58. The molecule has 162 valence electrons. The van der Waals surface area contributed by atoms with Crippen LogP contribution in [0, 0.1) is 19.7 Å². The molecule has 0 fully saturated rings. The Balaban J connectivity index is 2.13. The SMILES string of the molecule is CCCCNC(=O)[C@H](C)N(Cc1ccc(F)cc1)C(=O)COc1cccc(C)c1C. The van der Waals surface area contributed by atoms with E-state index in [0.29, 0.717) is 12.3 Å². The normalized spacial score (nSPS) is 11.6. The zero-order valence-electron chi connectivity index (χ0n) is 18.2. The first-order valence-corrected chi connectivity index (χ1v) is 10.3. The third-order valence-corrected chi connectivity index (χ3v) is 5.17. The Morgan fingerprint density at radius 3 is 2.50 bits per heavy atom. The van der Waals surface area contributed by atoms with Gasteiger partial charge in [-0.2, -0.15) is 0 Å². The van der Waals surface area contributed by atoms with Gasteiger partial charge in [0.2, 0.25) is 5.91 Å². The summed E-state index contributed by atoms with van der Waals surface area (Å²) in [5.41, 5.74) is 2.79. The second kappa shape index (κ2) is 11.3. The van der Waals surface area contributed by atoms with Gasteiger partial charge in [0.05, 0.1) is 0 Å². The van der Waals surface area contributed by atoms with E-state index in [1.807, 2.05) is 39.0 Å². The van der Waals surface area contributed by atoms with Gasteiger partial charge in [0.25, 0.3) is 5.91 Å². The van der Waals surface area contributed by atoms with Gasteiger partial charge in [0.15, 0.2) is 6.61 Å². The first-order valence-electron chi connectivity index (χ1n) is 10.3. The minimum absolute atomic E-state index is 0.182. The summed E-state index contributed by atoms with van der Waals surface area (Å²) in [6.45, 7) is 8.24. The van der Waals surface area contributed by atoms with Crippen LogP contribution < -0.4 is 10.1 Å². The van der Waals surface area contributed by atoms with E-state index in [1.54, 1.807) is 19.1 Å². The fourth-order valence-corrected chi connectivity index (χ4v) is 3.01. The lowest BCUT2D eigenvalue weighted by Crippen LogP contribution is -2.49. The van der Waals surface area contributed by atoms with Crippen LogP contribution in [0.15, 0.2) is 42.5 Å². The topological polar surface area (TPSA) is 58.6 Å². The molecule has 30 heavy (non-hydrogen) atoms. The standard InChI is InChI=1S/C24H31FN2O3/c1-5-6-14-26-24(29)19(4)27(15-20-10-12-21(25)13-11-20)23(28)16-30-22-9-7-8-17(2)18(22)3/h7-13,19H,5-6,14-16H2,1-4H3,(H,26,29)/t19-/m0/s1. The van der Waals surface area contributed by atoms with Crippen LogP contribution in [0.3, 0.4) is 0 Å². The predicted octanol–water partition coefficient (Wildman–Crippen LogP) is 4.15. The van der Waals surface area contributed by atoms with Crippen LogP contribution in [0.4, 0.5) is 4.39 Å². The smallest absolute Gasteiger partial charge is 0.261 e. The van der Waals surface area contributed by atoms with Crippen molar-refractivity contribution in [1.29, 1.82) is 0 Å². The molecule has 1 N–H and O–H groups in total. The summed E-state index contributed by atoms with van der Waals surface area (Å²) in [6, 6.07) is 10.9. The Morgan fingerprint density at radius 2 is 1.83 bits per heavy atom. The number of ether oxygens (including phenoxy) is 1. The first-order chi connectivity index (χ1) is 14.3. The Kier molecular flexibility index (Phi) is 8.84. The summed E-state index contributed by atoms with van der Waals surface area (Å²) in [4.78, 5) is 27.1. The van der Waals surface area contributed by atoms with Gasteiger partial charge in [0, 0.05) is 13.1 Å². The Morgan fingerprint density at radius 1 is 1.13 bits per heavy atom. The van der Waals surface area contributed by atoms with Crippen molar-refractivity contribution in [2.75, 3.05) is 13.2 Å². The fourth-order valence-electron chi connectivity index (χ4n) is 3.01. The number of benzene rings is 2. The molecule has 5 nitrogen and oxygen atoms in total. The van der Waals surface area contributed by atoms with Crippen LogP contribution in [-0.2, 0) is 16.1 Å². The number of nitrogens with zero attached hydrogens (tertiary/aromatic N) is 1. The molecule has 2 rings (SSSR count). The lowest BCUT2D eigenvalue weighted by molar-refractivity contribution is -0.142. The average Bonchev–Trinajstić information content (AvgIpc) is 2.73. The van der Waals surface area contributed by atoms with Crippen molar-refractivity contribution in [3.05, 3.63) is 65.0 Å². The van der Waals surface area contributed by atoms with Crippen LogP contribution in [0.25, 0.3) is 0 Å². The highest BCUT2D eigenvalue weighted by molar-refractivity contribution is 5.87. The number of carbonyl (C=O) groups is 2. The quantitative estimate of drug-likeness (QED) is 0.594. The van der Waals surface area contributed by atoms with E-state index >= 15 is 0 Å². The molecule has 2 aromatic rings. The molecular formula is C24H31FN2O3. The van der Waals surface area contributed by atoms with Crippen molar-refractivity contribution in [3.63, 3.8) is 0 Å². The summed E-state index contributed by atoms with van der Waals surface area (Å²) < 4.78 is 19.0. The highest BCUT2D eigenvalue weighted by Crippen LogP contribution is 2.21. The molecule has 6 heteroatoms. The van der Waals surface area contributed by atoms with E-state index in [9.17, 15) is 14.0 Å². The molecule has 0 aliphatic rings. The maximum atomic E-state index is 13.3. The van der Waals surface area contributed by atoms with E-state index in [2.05, 4.69) is 5.32 Å². The number of carbonyl (C=O) groups excluding carboxylic acids is 2. The Bertz CT molecular complexity index is 852. The first kappa shape index (κ1) is 23.4. The number of halogens is 1. The molecule has 1 atom stereocenters. The van der Waals surface area contributed by atoms with Gasteiger partial charge in [-0.3, -0.25) is 9.59 Å². The lowest BCUT2D eigenvalue weighted by Gasteiger charge is -2.29. The molecule has 0 bridgehead atoms. The van der Waals surface area contributed by atoms with E-state index in [1.165, 1.54) is 17.0 Å². The molecule has 2 amide bonds. The summed E-state index contributed by atoms with van der Waals surface area (Å²) in [7, 11) is 0. The molecule has 0 aliphatic carbocycles. The average molecular weight is 415 g/mol. The molecule has 2 aromatic carbocycles. The van der Waals surface area contributed by atoms with E-state index in [0.717, 1.165) is 29.5 Å². The Hall–Kier alpha value is -2.89. The summed E-state index contributed by atoms with van der Waals surface area (Å²) in [6.07, 6.45) is 1.84. The minimum atomic E-state index is -0.679. The van der Waals surface area contributed by atoms with Crippen molar-refractivity contribution >= 4 is 11.8 Å². The zero-order chi connectivity index (χ0) is 22.1. The number of nitrogens with one attached hydrogen (secondary N) is 1. The molecular weight excluding hydrogens is 383 g/mol. The van der Waals surface area contributed by atoms with Crippen molar-refractivity contribution in [1.82, 2.24) is 10.2 Å². The monoisotopic (exact) mass is 414 g/mol. The van der Waals surface area contributed by atoms with E-state index < -0.39 is 6.04 Å². The molecule has 0 spiro atoms. The van der Waals surface area contributed by atoms with E-state index in [-0.39, 0.29) is 30.8 Å². The van der Waals surface area contributed by atoms with Crippen LogP contribution in [0.1, 0.15) is 43.4 Å². The van der Waals surface area contributed by atoms with Gasteiger partial charge in [-0.1, -0.05) is 37.6 Å². The Labute approximate surface area is 178 Å². The number of hydrogen-bond donors (Lipinski definition) is 1. The maximum absolute atomic E-state index is 13.3. The van der Waals surface area contributed by atoms with Gasteiger partial charge < -0.3 is 15.0 Å². The summed E-state index contributed by atoms with van der Waals surface area (Å²) in [5.74, 6) is -0.227. The second-order valence-corrected chi connectivity index (χ2v) is 7.46. The zero-order valence-corrected chi connectivity index (χ0v) is 18.2. The van der Waals surface area contributed by atoms with Gasteiger partial charge >= 0.3 is 0 Å². The number of amides is 2. The fraction of sp³-hybridized carbons (Fsp3) is 0.417. The van der Waals surface area contributed by atoms with Gasteiger partial charge in [-0.25, -0.2) is 4.39 Å². The van der Waals surface area contributed by atoms with Crippen LogP contribution in [0.2, 0.25) is 0 Å². The van der Waals surface area contributed by atoms with Crippen molar-refractivity contribution < 1.29 is 18.7 Å². The van der Waals surface area contributed by atoms with Crippen LogP contribution in [-0.4, -0.2) is 35.9 Å². The highest BCUT2D eigenvalue weighted by Gasteiger charge is 2.26. The van der Waals surface area contributed by atoms with Gasteiger partial charge in [-0.15, -0.1) is 0 Å². The molecule has 0 saturated heterocycles. The van der Waals surface area contributed by atoms with E-state index in [4.69, 9.17) is 4.74 Å². The molecule has 0 heterocycles. The van der Waals surface area contributed by atoms with Gasteiger partial charge in [0.1, 0.15) is 17.6 Å². The number of hydrogen-bond acceptors (Lipinski definition) is 3. The number of aryl methyl sites for hydroxylation is 1. The lowest BCUT2D eigenvalue weighted by atomic mass is 10.1. The second-order valence-electron chi connectivity index (χ2n) is 7.46. The minimum Gasteiger partial charge on any atom is -0.483 e. The van der Waals surface area contributed by atoms with Gasteiger partial charge in [-0.05, 0) is 62.1 Å². The molecule has 0 radical (unpaired) electrons. The van der Waals surface area contributed by atoms with Crippen molar-refractivity contribution in [3.8, 4) is 5.75 Å². The predicted molar refractivity (Wildman–Crippen MR) is 116 cm³/mol. The van der Waals surface area contributed by atoms with Crippen molar-refractivity contribution in [2.24, 2.45) is 0 Å². The van der Waals surface area contributed by atoms with Crippen LogP contribution in [0.5, 0.6) is 5.75 Å². The molecule has 0 aliphatic heterocycles. The molecule has 0 aromatic heterocycles. The highest BCUT2D eigenvalue weighted by atomic mass is 19.1. The third-order valence-electron chi connectivity index (χ3n) is 5.17. The maximum Gasteiger partial charge on any atom is 0.261 e. The summed E-state index contributed by atoms with van der Waals surface area (Å²) in [5, 5.41) is 2.87. The van der Waals surface area contributed by atoms with Crippen molar-refractivity contribution in [2.45, 2.75) is 53.1 Å². The van der Waals surface area contributed by atoms with Crippen LogP contribution >= 0.6 is 0 Å².